The summed E-state index contributed by atoms with van der Waals surface area (Å²) in [5.74, 6) is 0. The third-order valence-electron chi connectivity index (χ3n) is 2.93. The third kappa shape index (κ3) is 1.24. The monoisotopic (exact) mass is 374 g/mol. The number of rotatable bonds is 0. The summed E-state index contributed by atoms with van der Waals surface area (Å²) in [6.07, 6.45) is 1.16. The van der Waals surface area contributed by atoms with Crippen molar-refractivity contribution in [2.24, 2.45) is 0 Å². The Morgan fingerprint density at radius 1 is 1.12 bits per heavy atom. The molecule has 4 rings (SSSR count). The first kappa shape index (κ1) is 10.1. The first-order chi connectivity index (χ1) is 7.72. The van der Waals surface area contributed by atoms with Gasteiger partial charge in [0.1, 0.15) is 0 Å². The summed E-state index contributed by atoms with van der Waals surface area (Å²) in [4.78, 5) is 4.53. The second-order valence-corrected chi connectivity index (χ2v) is 9.30. The molecule has 0 nitrogen and oxygen atoms in total. The molecule has 0 bridgehead atoms. The van der Waals surface area contributed by atoms with Crippen LogP contribution in [-0.2, 0) is 6.42 Å². The maximum Gasteiger partial charge on any atom is 0.0674 e. The van der Waals surface area contributed by atoms with Crippen LogP contribution in [0.2, 0.25) is 0 Å². The van der Waals surface area contributed by atoms with Crippen LogP contribution in [0.4, 0.5) is 0 Å². The number of fused-ring (bicyclic) bond motifs is 5. The predicted octanol–water partition coefficient (Wildman–Crippen LogP) is 5.51. The average Bonchev–Trinajstić information content (AvgIpc) is 2.85. The van der Waals surface area contributed by atoms with Crippen LogP contribution < -0.4 is 0 Å². The van der Waals surface area contributed by atoms with Gasteiger partial charge >= 0.3 is 0 Å². The Morgan fingerprint density at radius 3 is 2.88 bits per heavy atom. The topological polar surface area (TPSA) is 0 Å². The average molecular weight is 374 g/mol. The van der Waals surface area contributed by atoms with Gasteiger partial charge in [-0.25, -0.2) is 0 Å². The fraction of sp³-hybridized carbons (Fsp3) is 0.167. The fourth-order valence-corrected chi connectivity index (χ4v) is 7.12. The standard InChI is InChI=1S/C12H7IS3/c1-5-2-6-3-7-11-8(4-9(13)16-11)15-12(7)10(6)14-5/h2,4H,3H2,1H3. The SMILES string of the molecule is Cc1cc2c(s1)-c1sc3cc(I)sc3c1C2. The minimum Gasteiger partial charge on any atom is -0.139 e. The van der Waals surface area contributed by atoms with Crippen molar-refractivity contribution in [3.63, 3.8) is 0 Å². The molecule has 1 aliphatic carbocycles. The molecule has 0 amide bonds. The zero-order valence-corrected chi connectivity index (χ0v) is 13.1. The van der Waals surface area contributed by atoms with E-state index in [9.17, 15) is 0 Å². The van der Waals surface area contributed by atoms with Gasteiger partial charge in [-0.2, -0.15) is 0 Å². The summed E-state index contributed by atoms with van der Waals surface area (Å²) in [6, 6.07) is 4.68. The number of hydrogen-bond acceptors (Lipinski definition) is 3. The van der Waals surface area contributed by atoms with Crippen LogP contribution in [0.25, 0.3) is 19.2 Å². The molecular weight excluding hydrogens is 367 g/mol. The number of halogens is 1. The van der Waals surface area contributed by atoms with Crippen LogP contribution in [-0.4, -0.2) is 0 Å². The maximum atomic E-state index is 2.43. The molecule has 3 aromatic rings. The van der Waals surface area contributed by atoms with E-state index in [-0.39, 0.29) is 0 Å². The summed E-state index contributed by atoms with van der Waals surface area (Å²) >= 11 is 8.31. The molecule has 0 saturated carbocycles. The molecule has 0 saturated heterocycles. The largest absolute Gasteiger partial charge is 0.139 e. The zero-order valence-electron chi connectivity index (χ0n) is 8.46. The lowest BCUT2D eigenvalue weighted by Gasteiger charge is -1.89. The van der Waals surface area contributed by atoms with Crippen LogP contribution in [0.15, 0.2) is 12.1 Å². The molecule has 0 unspecified atom stereocenters. The van der Waals surface area contributed by atoms with Crippen molar-refractivity contribution in [3.05, 3.63) is 31.0 Å². The Labute approximate surface area is 119 Å². The third-order valence-corrected chi connectivity index (χ3v) is 7.45. The molecule has 0 radical (unpaired) electrons. The summed E-state index contributed by atoms with van der Waals surface area (Å²) in [5, 5.41) is 0. The highest BCUT2D eigenvalue weighted by Crippen LogP contribution is 2.51. The lowest BCUT2D eigenvalue weighted by atomic mass is 10.2. The number of thiophene rings is 3. The van der Waals surface area contributed by atoms with Gasteiger partial charge in [0.2, 0.25) is 0 Å². The first-order valence-electron chi connectivity index (χ1n) is 5.03. The van der Waals surface area contributed by atoms with Gasteiger partial charge in [-0.05, 0) is 52.8 Å². The Bertz CT molecular complexity index is 714. The van der Waals surface area contributed by atoms with Crippen molar-refractivity contribution in [1.82, 2.24) is 0 Å². The van der Waals surface area contributed by atoms with Gasteiger partial charge in [-0.1, -0.05) is 0 Å². The summed E-state index contributed by atoms with van der Waals surface area (Å²) in [6.45, 7) is 2.21. The Hall–Kier alpha value is 0.0900. The van der Waals surface area contributed by atoms with E-state index in [1.165, 1.54) is 22.0 Å². The Kier molecular flexibility index (Phi) is 2.08. The van der Waals surface area contributed by atoms with Crippen molar-refractivity contribution >= 4 is 66.0 Å². The first-order valence-corrected chi connectivity index (χ1v) is 8.55. The van der Waals surface area contributed by atoms with Gasteiger partial charge in [0.15, 0.2) is 0 Å². The number of aryl methyl sites for hydroxylation is 1. The molecule has 0 aliphatic heterocycles. The van der Waals surface area contributed by atoms with Crippen LogP contribution in [0, 0.1) is 9.81 Å². The van der Waals surface area contributed by atoms with E-state index in [1.54, 1.807) is 16.0 Å². The van der Waals surface area contributed by atoms with Crippen LogP contribution in [0.3, 0.4) is 0 Å². The van der Waals surface area contributed by atoms with Crippen molar-refractivity contribution in [1.29, 1.82) is 0 Å². The second-order valence-electron chi connectivity index (χ2n) is 4.04. The van der Waals surface area contributed by atoms with E-state index >= 15 is 0 Å². The highest BCUT2D eigenvalue weighted by Gasteiger charge is 2.26. The van der Waals surface area contributed by atoms with Crippen LogP contribution >= 0.6 is 56.6 Å². The normalized spacial score (nSPS) is 13.4. The van der Waals surface area contributed by atoms with E-state index in [1.807, 2.05) is 34.0 Å². The Morgan fingerprint density at radius 2 is 2.00 bits per heavy atom. The maximum absolute atomic E-state index is 2.43. The molecule has 1 aliphatic rings. The molecule has 16 heavy (non-hydrogen) atoms. The molecule has 0 spiro atoms. The van der Waals surface area contributed by atoms with E-state index in [4.69, 9.17) is 0 Å². The lowest BCUT2D eigenvalue weighted by Crippen LogP contribution is -1.75. The fourth-order valence-electron chi connectivity index (χ4n) is 2.33. The van der Waals surface area contributed by atoms with Crippen molar-refractivity contribution < 1.29 is 0 Å². The smallest absolute Gasteiger partial charge is 0.0674 e. The summed E-state index contributed by atoms with van der Waals surface area (Å²) in [7, 11) is 0. The van der Waals surface area contributed by atoms with Crippen LogP contribution in [0.1, 0.15) is 16.0 Å². The van der Waals surface area contributed by atoms with Gasteiger partial charge in [0, 0.05) is 20.9 Å². The van der Waals surface area contributed by atoms with Gasteiger partial charge in [0.05, 0.1) is 12.5 Å². The minimum absolute atomic E-state index is 1.16. The van der Waals surface area contributed by atoms with E-state index in [0.717, 1.165) is 6.42 Å². The molecule has 3 heterocycles. The molecule has 80 valence electrons. The second kappa shape index (κ2) is 3.31. The summed E-state index contributed by atoms with van der Waals surface area (Å²) < 4.78 is 4.43. The molecule has 3 aromatic heterocycles. The molecule has 0 fully saturated rings. The van der Waals surface area contributed by atoms with E-state index in [2.05, 4.69) is 41.6 Å². The van der Waals surface area contributed by atoms with Crippen LogP contribution in [0.5, 0.6) is 0 Å². The molecular formula is C12H7IS3. The predicted molar refractivity (Wildman–Crippen MR) is 83.3 cm³/mol. The summed E-state index contributed by atoms with van der Waals surface area (Å²) in [5.41, 5.74) is 3.14. The van der Waals surface area contributed by atoms with Gasteiger partial charge in [-0.15, -0.1) is 34.0 Å². The Balaban J connectivity index is 2.07. The minimum atomic E-state index is 1.16. The van der Waals surface area contributed by atoms with E-state index < -0.39 is 0 Å². The zero-order chi connectivity index (χ0) is 10.9. The van der Waals surface area contributed by atoms with E-state index in [0.29, 0.717) is 0 Å². The quantitative estimate of drug-likeness (QED) is 0.356. The molecule has 0 aromatic carbocycles. The van der Waals surface area contributed by atoms with Crippen molar-refractivity contribution in [3.8, 4) is 9.75 Å². The molecule has 4 heteroatoms. The highest BCUT2D eigenvalue weighted by molar-refractivity contribution is 14.1. The van der Waals surface area contributed by atoms with Gasteiger partial charge in [-0.3, -0.25) is 0 Å². The van der Waals surface area contributed by atoms with Crippen molar-refractivity contribution in [2.75, 3.05) is 0 Å². The highest BCUT2D eigenvalue weighted by atomic mass is 127. The van der Waals surface area contributed by atoms with Gasteiger partial charge in [0.25, 0.3) is 0 Å². The lowest BCUT2D eigenvalue weighted by molar-refractivity contribution is 1.30. The number of hydrogen-bond donors (Lipinski definition) is 0. The molecule has 0 N–H and O–H groups in total. The van der Waals surface area contributed by atoms with Gasteiger partial charge < -0.3 is 0 Å². The molecule has 0 atom stereocenters. The van der Waals surface area contributed by atoms with Crippen molar-refractivity contribution in [2.45, 2.75) is 13.3 Å².